The monoisotopic (exact) mass is 467 g/mol. The number of methoxy groups -OCH3 is 1. The Morgan fingerprint density at radius 2 is 1.70 bits per heavy atom. The largest absolute Gasteiger partial charge is 0.495 e. The summed E-state index contributed by atoms with van der Waals surface area (Å²) in [6.45, 7) is 6.17. The summed E-state index contributed by atoms with van der Waals surface area (Å²) in [5.41, 5.74) is 5.41. The highest BCUT2D eigenvalue weighted by Gasteiger charge is 2.25. The zero-order valence-electron chi connectivity index (χ0n) is 19.4. The smallest absolute Gasteiger partial charge is 0.270 e. The Kier molecular flexibility index (Phi) is 6.30. The summed E-state index contributed by atoms with van der Waals surface area (Å²) < 4.78 is 36.3. The summed E-state index contributed by atoms with van der Waals surface area (Å²) in [5.74, 6) is 0.244. The van der Waals surface area contributed by atoms with Crippen LogP contribution in [0.1, 0.15) is 42.0 Å². The first-order valence-corrected chi connectivity index (χ1v) is 12.6. The zero-order valence-corrected chi connectivity index (χ0v) is 20.3. The lowest BCUT2D eigenvalue weighted by molar-refractivity contribution is 0.403. The minimum absolute atomic E-state index is 0.0299. The number of fused-ring (bicyclic) bond motifs is 1. The number of sulfonamides is 1. The molecule has 174 valence electrons. The predicted octanol–water partition coefficient (Wildman–Crippen LogP) is 4.24. The molecule has 1 N–H and O–H groups in total. The fourth-order valence-corrected chi connectivity index (χ4v) is 5.75. The number of ether oxygens (including phenoxy) is 1. The van der Waals surface area contributed by atoms with E-state index in [4.69, 9.17) is 4.74 Å². The van der Waals surface area contributed by atoms with Gasteiger partial charge in [0, 0.05) is 23.4 Å². The molecule has 0 aliphatic heterocycles. The Morgan fingerprint density at radius 1 is 1.03 bits per heavy atom. The van der Waals surface area contributed by atoms with E-state index >= 15 is 0 Å². The summed E-state index contributed by atoms with van der Waals surface area (Å²) in [7, 11) is -2.49. The third-order valence-electron chi connectivity index (χ3n) is 5.97. The van der Waals surface area contributed by atoms with Crippen molar-refractivity contribution in [2.24, 2.45) is 0 Å². The highest BCUT2D eigenvalue weighted by atomic mass is 32.2. The highest BCUT2D eigenvalue weighted by Crippen LogP contribution is 2.34. The van der Waals surface area contributed by atoms with Crippen LogP contribution in [0.3, 0.4) is 0 Å². The van der Waals surface area contributed by atoms with Gasteiger partial charge in [0.1, 0.15) is 10.6 Å². The van der Waals surface area contributed by atoms with E-state index < -0.39 is 10.0 Å². The van der Waals surface area contributed by atoms with Crippen molar-refractivity contribution in [3.05, 3.63) is 69.0 Å². The highest BCUT2D eigenvalue weighted by molar-refractivity contribution is 7.92. The second-order valence-corrected chi connectivity index (χ2v) is 10.1. The Morgan fingerprint density at radius 3 is 2.33 bits per heavy atom. The van der Waals surface area contributed by atoms with Crippen molar-refractivity contribution in [3.8, 4) is 17.0 Å². The molecule has 8 heteroatoms. The van der Waals surface area contributed by atoms with E-state index in [1.165, 1.54) is 11.8 Å². The first-order valence-electron chi connectivity index (χ1n) is 11.2. The second kappa shape index (κ2) is 9.02. The van der Waals surface area contributed by atoms with Crippen LogP contribution in [0.2, 0.25) is 0 Å². The summed E-state index contributed by atoms with van der Waals surface area (Å²) >= 11 is 0. The van der Waals surface area contributed by atoms with Gasteiger partial charge in [-0.2, -0.15) is 5.10 Å². The van der Waals surface area contributed by atoms with Crippen LogP contribution in [0.25, 0.3) is 11.3 Å². The number of nitrogens with zero attached hydrogens (tertiary/aromatic N) is 2. The van der Waals surface area contributed by atoms with Gasteiger partial charge >= 0.3 is 0 Å². The van der Waals surface area contributed by atoms with Crippen LogP contribution in [-0.2, 0) is 29.4 Å². The Labute approximate surface area is 194 Å². The summed E-state index contributed by atoms with van der Waals surface area (Å²) in [6.07, 6.45) is 3.43. The number of hydrogen-bond acceptors (Lipinski definition) is 5. The van der Waals surface area contributed by atoms with Crippen LogP contribution < -0.4 is 15.0 Å². The Bertz CT molecular complexity index is 1360. The van der Waals surface area contributed by atoms with Crippen molar-refractivity contribution in [2.75, 3.05) is 11.8 Å². The molecular formula is C25H29N3O4S. The van der Waals surface area contributed by atoms with E-state index in [1.807, 2.05) is 26.8 Å². The van der Waals surface area contributed by atoms with Crippen LogP contribution in [0.4, 0.5) is 5.69 Å². The topological polar surface area (TPSA) is 90.3 Å². The molecule has 1 heterocycles. The van der Waals surface area contributed by atoms with Gasteiger partial charge in [-0.15, -0.1) is 0 Å². The average Bonchev–Trinajstić information content (AvgIpc) is 2.78. The molecule has 0 unspecified atom stereocenters. The van der Waals surface area contributed by atoms with Crippen molar-refractivity contribution in [1.29, 1.82) is 0 Å². The SMILES string of the molecule is CCn1nc(-c2ccc(OC)c(S(=O)(=O)Nc3cc(C)cc(C)c3)c2)c2c(c1=O)CCCC2. The lowest BCUT2D eigenvalue weighted by Gasteiger charge is -2.20. The summed E-state index contributed by atoms with van der Waals surface area (Å²) in [4.78, 5) is 12.8. The third kappa shape index (κ3) is 4.53. The molecule has 0 saturated carbocycles. The van der Waals surface area contributed by atoms with Gasteiger partial charge < -0.3 is 4.74 Å². The van der Waals surface area contributed by atoms with Gasteiger partial charge in [-0.05, 0) is 93.5 Å². The molecule has 0 fully saturated rings. The molecule has 0 atom stereocenters. The Balaban J connectivity index is 1.85. The minimum Gasteiger partial charge on any atom is -0.495 e. The van der Waals surface area contributed by atoms with Crippen LogP contribution in [0, 0.1) is 13.8 Å². The fourth-order valence-electron chi connectivity index (χ4n) is 4.51. The number of aryl methyl sites for hydroxylation is 3. The molecule has 0 radical (unpaired) electrons. The van der Waals surface area contributed by atoms with Crippen LogP contribution in [0.5, 0.6) is 5.75 Å². The lowest BCUT2D eigenvalue weighted by Crippen LogP contribution is -2.30. The number of anilines is 1. The maximum atomic E-state index is 13.4. The van der Waals surface area contributed by atoms with Gasteiger partial charge in [0.15, 0.2) is 0 Å². The van der Waals surface area contributed by atoms with Crippen molar-refractivity contribution in [2.45, 2.75) is 57.9 Å². The van der Waals surface area contributed by atoms with E-state index in [1.54, 1.807) is 30.3 Å². The fraction of sp³-hybridized carbons (Fsp3) is 0.360. The quantitative estimate of drug-likeness (QED) is 0.586. The molecule has 0 saturated heterocycles. The van der Waals surface area contributed by atoms with E-state index in [2.05, 4.69) is 9.82 Å². The molecule has 1 aliphatic rings. The Hall–Kier alpha value is -3.13. The third-order valence-corrected chi connectivity index (χ3v) is 7.37. The molecule has 0 bridgehead atoms. The van der Waals surface area contributed by atoms with Gasteiger partial charge in [0.2, 0.25) is 0 Å². The van der Waals surface area contributed by atoms with Crippen molar-refractivity contribution >= 4 is 15.7 Å². The van der Waals surface area contributed by atoms with Gasteiger partial charge in [0.05, 0.1) is 12.8 Å². The number of hydrogen-bond donors (Lipinski definition) is 1. The molecule has 1 aliphatic carbocycles. The molecule has 2 aromatic carbocycles. The van der Waals surface area contributed by atoms with Crippen molar-refractivity contribution in [1.82, 2.24) is 9.78 Å². The molecule has 7 nitrogen and oxygen atoms in total. The summed E-state index contributed by atoms with van der Waals surface area (Å²) in [6, 6.07) is 10.6. The minimum atomic E-state index is -3.94. The molecule has 4 rings (SSSR count). The molecule has 0 spiro atoms. The zero-order chi connectivity index (χ0) is 23.8. The second-order valence-electron chi connectivity index (χ2n) is 8.48. The number of aromatic nitrogens is 2. The normalized spacial score (nSPS) is 13.5. The van der Waals surface area contributed by atoms with Gasteiger partial charge in [-0.3, -0.25) is 9.52 Å². The van der Waals surface area contributed by atoms with Gasteiger partial charge in [0.25, 0.3) is 15.6 Å². The summed E-state index contributed by atoms with van der Waals surface area (Å²) in [5, 5.41) is 4.61. The maximum absolute atomic E-state index is 13.4. The van der Waals surface area contributed by atoms with E-state index in [0.717, 1.165) is 47.9 Å². The number of rotatable bonds is 6. The van der Waals surface area contributed by atoms with Gasteiger partial charge in [-0.1, -0.05) is 6.07 Å². The molecule has 0 amide bonds. The van der Waals surface area contributed by atoms with E-state index in [9.17, 15) is 13.2 Å². The number of benzene rings is 2. The van der Waals surface area contributed by atoms with Crippen molar-refractivity contribution < 1.29 is 13.2 Å². The maximum Gasteiger partial charge on any atom is 0.270 e. The first kappa shape index (κ1) is 23.0. The predicted molar refractivity (Wildman–Crippen MR) is 130 cm³/mol. The first-order chi connectivity index (χ1) is 15.7. The lowest BCUT2D eigenvalue weighted by atomic mass is 9.90. The standard InChI is InChI=1S/C25H29N3O4S/c1-5-28-25(29)21-9-7-6-8-20(21)24(26-28)18-10-11-22(32-4)23(15-18)33(30,31)27-19-13-16(2)12-17(3)14-19/h10-15,27H,5-9H2,1-4H3. The number of nitrogens with one attached hydrogen (secondary N) is 1. The molecule has 33 heavy (non-hydrogen) atoms. The van der Waals surface area contributed by atoms with E-state index in [-0.39, 0.29) is 16.2 Å². The van der Waals surface area contributed by atoms with Gasteiger partial charge in [-0.25, -0.2) is 13.1 Å². The molecule has 3 aromatic rings. The van der Waals surface area contributed by atoms with Crippen LogP contribution in [-0.4, -0.2) is 25.3 Å². The molecular weight excluding hydrogens is 438 g/mol. The van der Waals surface area contributed by atoms with Crippen LogP contribution in [0.15, 0.2) is 46.1 Å². The van der Waals surface area contributed by atoms with E-state index in [0.29, 0.717) is 23.5 Å². The van der Waals surface area contributed by atoms with Crippen molar-refractivity contribution in [3.63, 3.8) is 0 Å². The molecule has 1 aromatic heterocycles. The average molecular weight is 468 g/mol. The van der Waals surface area contributed by atoms with Crippen LogP contribution >= 0.6 is 0 Å².